The Morgan fingerprint density at radius 1 is 0.966 bits per heavy atom. The maximum absolute atomic E-state index is 12.8. The van der Waals surface area contributed by atoms with Crippen LogP contribution in [0.25, 0.3) is 0 Å². The smallest absolute Gasteiger partial charge is 0.335 e. The van der Waals surface area contributed by atoms with Crippen LogP contribution in [0.5, 0.6) is 12.0 Å². The van der Waals surface area contributed by atoms with Crippen LogP contribution < -0.4 is 19.5 Å². The first kappa shape index (κ1) is 22.3. The van der Waals surface area contributed by atoms with Crippen molar-refractivity contribution >= 4 is 22.0 Å². The average molecular weight is 427 g/mol. The quantitative estimate of drug-likeness (QED) is 0.585. The molecule has 0 radical (unpaired) electrons. The first-order valence-corrected chi connectivity index (χ1v) is 9.58. The predicted molar refractivity (Wildman–Crippen MR) is 100 cm³/mol. The third-order valence-corrected chi connectivity index (χ3v) is 4.86. The number of methoxy groups -OCH3 is 4. The summed E-state index contributed by atoms with van der Waals surface area (Å²) in [5.41, 5.74) is 0.983. The molecule has 1 aromatic carbocycles. The van der Waals surface area contributed by atoms with Gasteiger partial charge in [0, 0.05) is 14.2 Å². The van der Waals surface area contributed by atoms with Gasteiger partial charge in [0.05, 0.1) is 32.3 Å². The third kappa shape index (κ3) is 5.97. The number of carbonyl (C=O) groups is 1. The topological polar surface area (TPSA) is 151 Å². The van der Waals surface area contributed by atoms with Gasteiger partial charge in [-0.3, -0.25) is 5.32 Å². The zero-order valence-corrected chi connectivity index (χ0v) is 17.1. The van der Waals surface area contributed by atoms with E-state index in [1.165, 1.54) is 34.5 Å². The molecule has 0 atom stereocenters. The fraction of sp³-hybridized carbons (Fsp3) is 0.375. The summed E-state index contributed by atoms with van der Waals surface area (Å²) in [4.78, 5) is 23.5. The monoisotopic (exact) mass is 427 g/mol. The van der Waals surface area contributed by atoms with Gasteiger partial charge in [-0.2, -0.15) is 9.97 Å². The molecule has 13 heteroatoms. The molecule has 2 aromatic rings. The summed E-state index contributed by atoms with van der Waals surface area (Å²) in [6.07, 6.45) is 0. The summed E-state index contributed by atoms with van der Waals surface area (Å²) in [6, 6.07) is 3.38. The maximum atomic E-state index is 12.8. The summed E-state index contributed by atoms with van der Waals surface area (Å²) in [5, 5.41) is 2.20. The van der Waals surface area contributed by atoms with Crippen molar-refractivity contribution in [2.24, 2.45) is 0 Å². The van der Waals surface area contributed by atoms with Gasteiger partial charge in [0.15, 0.2) is 0 Å². The van der Waals surface area contributed by atoms with E-state index in [2.05, 4.69) is 20.3 Å². The van der Waals surface area contributed by atoms with Gasteiger partial charge in [-0.1, -0.05) is 12.1 Å². The molecule has 2 N–H and O–H groups in total. The number of benzene rings is 1. The van der Waals surface area contributed by atoms with E-state index in [1.54, 1.807) is 12.1 Å². The Morgan fingerprint density at radius 2 is 1.59 bits per heavy atom. The minimum atomic E-state index is -4.24. The summed E-state index contributed by atoms with van der Waals surface area (Å²) in [5.74, 6) is -0.258. The number of carbonyl (C=O) groups excluding carboxylic acids is 1. The lowest BCUT2D eigenvalue weighted by Gasteiger charge is -2.13. The number of hydrogen-bond donors (Lipinski definition) is 2. The lowest BCUT2D eigenvalue weighted by Crippen LogP contribution is -2.35. The van der Waals surface area contributed by atoms with Crippen LogP contribution >= 0.6 is 0 Å². The van der Waals surface area contributed by atoms with Crippen molar-refractivity contribution in [2.45, 2.75) is 18.1 Å². The highest BCUT2D eigenvalue weighted by atomic mass is 32.2. The van der Waals surface area contributed by atoms with E-state index in [1.807, 2.05) is 4.72 Å². The normalized spacial score (nSPS) is 11.0. The van der Waals surface area contributed by atoms with Crippen LogP contribution in [-0.2, 0) is 32.7 Å². The van der Waals surface area contributed by atoms with Crippen molar-refractivity contribution in [3.8, 4) is 12.0 Å². The number of aromatic nitrogens is 3. The predicted octanol–water partition coefficient (Wildman–Crippen LogP) is 0.692. The van der Waals surface area contributed by atoms with Crippen LogP contribution in [0.2, 0.25) is 0 Å². The van der Waals surface area contributed by atoms with Gasteiger partial charge >= 0.3 is 18.1 Å². The lowest BCUT2D eigenvalue weighted by molar-refractivity contribution is 0.180. The molecular formula is C16H21N5O7S. The van der Waals surface area contributed by atoms with E-state index >= 15 is 0 Å². The Balaban J connectivity index is 2.26. The highest BCUT2D eigenvalue weighted by Gasteiger charge is 2.23. The van der Waals surface area contributed by atoms with Crippen molar-refractivity contribution < 1.29 is 32.2 Å². The SMILES string of the molecule is COCc1ccc(COC)c(S(=O)(=O)NC(=O)Nc2nc(OC)nc(OC)n2)c1. The highest BCUT2D eigenvalue weighted by molar-refractivity contribution is 7.90. The minimum absolute atomic E-state index is 0.0347. The van der Waals surface area contributed by atoms with Gasteiger partial charge in [0.2, 0.25) is 5.95 Å². The second-order valence-corrected chi connectivity index (χ2v) is 7.15. The molecule has 0 saturated carbocycles. The van der Waals surface area contributed by atoms with Crippen LogP contribution in [0, 0.1) is 0 Å². The molecule has 0 spiro atoms. The van der Waals surface area contributed by atoms with Crippen LogP contribution in [-0.4, -0.2) is 57.8 Å². The number of nitrogens with zero attached hydrogens (tertiary/aromatic N) is 3. The van der Waals surface area contributed by atoms with Crippen LogP contribution in [0.15, 0.2) is 23.1 Å². The Labute approximate surface area is 167 Å². The number of sulfonamides is 1. The Morgan fingerprint density at radius 3 is 2.14 bits per heavy atom. The second-order valence-electron chi connectivity index (χ2n) is 5.50. The van der Waals surface area contributed by atoms with Crippen molar-refractivity contribution in [3.05, 3.63) is 29.3 Å². The Kier molecular flexibility index (Phi) is 7.64. The zero-order valence-electron chi connectivity index (χ0n) is 16.3. The lowest BCUT2D eigenvalue weighted by atomic mass is 10.1. The molecule has 1 heterocycles. The van der Waals surface area contributed by atoms with Gasteiger partial charge in [-0.15, -0.1) is 4.98 Å². The molecule has 29 heavy (non-hydrogen) atoms. The molecule has 0 aliphatic carbocycles. The molecule has 12 nitrogen and oxygen atoms in total. The molecule has 2 rings (SSSR count). The van der Waals surface area contributed by atoms with E-state index in [9.17, 15) is 13.2 Å². The van der Waals surface area contributed by atoms with Gasteiger partial charge in [-0.05, 0) is 17.2 Å². The molecule has 0 bridgehead atoms. The second kappa shape index (κ2) is 9.95. The number of urea groups is 1. The van der Waals surface area contributed by atoms with Crippen molar-refractivity contribution in [1.82, 2.24) is 19.7 Å². The average Bonchev–Trinajstić information content (AvgIpc) is 2.68. The first-order chi connectivity index (χ1) is 13.8. The number of nitrogens with one attached hydrogen (secondary N) is 2. The Hall–Kier alpha value is -3.03. The van der Waals surface area contributed by atoms with Crippen LogP contribution in [0.3, 0.4) is 0 Å². The van der Waals surface area contributed by atoms with Crippen molar-refractivity contribution in [3.63, 3.8) is 0 Å². The van der Waals surface area contributed by atoms with E-state index in [-0.39, 0.29) is 36.1 Å². The molecule has 1 aromatic heterocycles. The zero-order chi connectivity index (χ0) is 21.4. The summed E-state index contributed by atoms with van der Waals surface area (Å²) in [7, 11) is 1.31. The third-order valence-electron chi connectivity index (χ3n) is 3.44. The van der Waals surface area contributed by atoms with E-state index < -0.39 is 16.1 Å². The molecule has 0 saturated heterocycles. The van der Waals surface area contributed by atoms with Gasteiger partial charge in [-0.25, -0.2) is 17.9 Å². The number of hydrogen-bond acceptors (Lipinski definition) is 10. The maximum Gasteiger partial charge on any atom is 0.335 e. The van der Waals surface area contributed by atoms with E-state index in [0.717, 1.165) is 0 Å². The minimum Gasteiger partial charge on any atom is -0.467 e. The molecule has 158 valence electrons. The van der Waals surface area contributed by atoms with Crippen molar-refractivity contribution in [2.75, 3.05) is 33.8 Å². The molecule has 0 fully saturated rings. The number of anilines is 1. The molecular weight excluding hydrogens is 406 g/mol. The first-order valence-electron chi connectivity index (χ1n) is 8.10. The van der Waals surface area contributed by atoms with Crippen LogP contribution in [0.1, 0.15) is 11.1 Å². The molecule has 2 amide bonds. The van der Waals surface area contributed by atoms with Crippen molar-refractivity contribution in [1.29, 1.82) is 0 Å². The summed E-state index contributed by atoms with van der Waals surface area (Å²) in [6.45, 7) is 0.236. The highest BCUT2D eigenvalue weighted by Crippen LogP contribution is 2.20. The van der Waals surface area contributed by atoms with Gasteiger partial charge < -0.3 is 18.9 Å². The standard InChI is InChI=1S/C16H21N5O7S/c1-25-8-10-5-6-11(9-26-2)12(7-10)29(23,24)21-14(22)17-13-18-15(27-3)20-16(19-13)28-4/h5-7H,8-9H2,1-4H3,(H2,17,18,19,20,21,22). The summed E-state index contributed by atoms with van der Waals surface area (Å²) < 4.78 is 47.2. The number of rotatable bonds is 9. The number of amides is 2. The Bertz CT molecular complexity index is 946. The molecule has 0 aliphatic rings. The fourth-order valence-electron chi connectivity index (χ4n) is 2.26. The van der Waals surface area contributed by atoms with E-state index in [4.69, 9.17) is 18.9 Å². The largest absolute Gasteiger partial charge is 0.467 e. The molecule has 0 aliphatic heterocycles. The van der Waals surface area contributed by atoms with Crippen LogP contribution in [0.4, 0.5) is 10.7 Å². The fourth-order valence-corrected chi connectivity index (χ4v) is 3.44. The number of ether oxygens (including phenoxy) is 4. The summed E-state index contributed by atoms with van der Waals surface area (Å²) >= 11 is 0. The molecule has 0 unspecified atom stereocenters. The van der Waals surface area contributed by atoms with Gasteiger partial charge in [0.25, 0.3) is 10.0 Å². The van der Waals surface area contributed by atoms with Gasteiger partial charge in [0.1, 0.15) is 0 Å². The van der Waals surface area contributed by atoms with E-state index in [0.29, 0.717) is 11.1 Å².